The van der Waals surface area contributed by atoms with Gasteiger partial charge in [0.05, 0.1) is 34.1 Å². The predicted octanol–water partition coefficient (Wildman–Crippen LogP) is 3.57. The third-order valence-electron chi connectivity index (χ3n) is 7.26. The van der Waals surface area contributed by atoms with Crippen LogP contribution in [-0.2, 0) is 23.1 Å². The van der Waals surface area contributed by atoms with E-state index in [1.165, 1.54) is 17.4 Å². The Balaban J connectivity index is 1.11. The van der Waals surface area contributed by atoms with Crippen LogP contribution in [-0.4, -0.2) is 62.4 Å². The molecule has 2 aromatic heterocycles. The molecule has 12 heteroatoms. The quantitative estimate of drug-likeness (QED) is 0.439. The van der Waals surface area contributed by atoms with E-state index in [2.05, 4.69) is 25.6 Å². The Labute approximate surface area is 210 Å². The molecule has 1 saturated carbocycles. The maximum Gasteiger partial charge on any atom is 0.416 e. The molecule has 36 heavy (non-hydrogen) atoms. The number of aryl methyl sites for hydroxylation is 1. The van der Waals surface area contributed by atoms with E-state index in [1.807, 2.05) is 6.92 Å². The minimum atomic E-state index is -4.45. The second-order valence-electron chi connectivity index (χ2n) is 9.59. The van der Waals surface area contributed by atoms with Gasteiger partial charge in [0.2, 0.25) is 5.91 Å². The second-order valence-corrected chi connectivity index (χ2v) is 10.5. The minimum Gasteiger partial charge on any atom is -0.384 e. The SMILES string of the molecule is CCn1nc(NCC(=O)NC2CN(C3CCC(O)(c4cncs4)CC3)C2)c2cc(C(F)(F)F)ccc21. The second kappa shape index (κ2) is 9.64. The first-order chi connectivity index (χ1) is 17.2. The van der Waals surface area contributed by atoms with Crippen molar-refractivity contribution < 1.29 is 23.1 Å². The zero-order chi connectivity index (χ0) is 25.5. The van der Waals surface area contributed by atoms with Gasteiger partial charge >= 0.3 is 6.18 Å². The molecule has 1 aromatic carbocycles. The number of hydrogen-bond donors (Lipinski definition) is 3. The number of amides is 1. The lowest BCUT2D eigenvalue weighted by molar-refractivity contribution is -0.137. The van der Waals surface area contributed by atoms with Crippen LogP contribution < -0.4 is 10.6 Å². The number of aromatic nitrogens is 3. The number of benzene rings is 1. The van der Waals surface area contributed by atoms with Crippen molar-refractivity contribution in [1.82, 2.24) is 25.0 Å². The number of carbonyl (C=O) groups excluding carboxylic acids is 1. The highest BCUT2D eigenvalue weighted by Crippen LogP contribution is 2.40. The molecular weight excluding hydrogens is 493 g/mol. The summed E-state index contributed by atoms with van der Waals surface area (Å²) in [6.45, 7) is 3.77. The standard InChI is InChI=1S/C24H29F3N6O2S/c1-2-33-19-4-3-15(24(25,26)27)9-18(19)22(31-33)29-11-21(34)30-16-12-32(13-16)17-5-7-23(35,8-6-17)20-10-28-14-36-20/h3-4,9-10,14,16-17,35H,2,5-8,11-13H2,1H3,(H,29,31)(H,30,34). The van der Waals surface area contributed by atoms with E-state index in [-0.39, 0.29) is 24.3 Å². The summed E-state index contributed by atoms with van der Waals surface area (Å²) >= 11 is 1.49. The first-order valence-corrected chi connectivity index (χ1v) is 13.0. The molecule has 0 radical (unpaired) electrons. The molecule has 1 saturated heterocycles. The van der Waals surface area contributed by atoms with Gasteiger partial charge in [-0.15, -0.1) is 11.3 Å². The minimum absolute atomic E-state index is 0.0309. The van der Waals surface area contributed by atoms with Gasteiger partial charge in [-0.05, 0) is 50.8 Å². The van der Waals surface area contributed by atoms with E-state index in [4.69, 9.17) is 0 Å². The fourth-order valence-corrected chi connectivity index (χ4v) is 5.99. The van der Waals surface area contributed by atoms with Crippen molar-refractivity contribution in [2.45, 2.75) is 63.0 Å². The molecule has 3 aromatic rings. The zero-order valence-electron chi connectivity index (χ0n) is 19.9. The molecule has 1 amide bonds. The highest BCUT2D eigenvalue weighted by molar-refractivity contribution is 7.09. The molecule has 1 aliphatic heterocycles. The third-order valence-corrected chi connectivity index (χ3v) is 8.22. The number of likely N-dealkylation sites (tertiary alicyclic amines) is 1. The smallest absolute Gasteiger partial charge is 0.384 e. The van der Waals surface area contributed by atoms with Gasteiger partial charge in [-0.25, -0.2) is 0 Å². The molecule has 2 fully saturated rings. The van der Waals surface area contributed by atoms with Crippen molar-refractivity contribution in [2.24, 2.45) is 0 Å². The normalized spacial score (nSPS) is 23.5. The summed E-state index contributed by atoms with van der Waals surface area (Å²) in [5.74, 6) is 0.0352. The molecule has 8 nitrogen and oxygen atoms in total. The summed E-state index contributed by atoms with van der Waals surface area (Å²) in [6, 6.07) is 3.94. The molecule has 3 heterocycles. The monoisotopic (exact) mass is 522 g/mol. The van der Waals surface area contributed by atoms with Crippen LogP contribution in [0.15, 0.2) is 29.9 Å². The number of hydrogen-bond acceptors (Lipinski definition) is 7. The topological polar surface area (TPSA) is 95.3 Å². The van der Waals surface area contributed by atoms with E-state index in [0.717, 1.165) is 42.9 Å². The van der Waals surface area contributed by atoms with Crippen molar-refractivity contribution >= 4 is 34.0 Å². The Kier molecular flexibility index (Phi) is 6.69. The van der Waals surface area contributed by atoms with Crippen molar-refractivity contribution in [1.29, 1.82) is 0 Å². The number of anilines is 1. The van der Waals surface area contributed by atoms with Crippen LogP contribution in [0.2, 0.25) is 0 Å². The number of carbonyl (C=O) groups is 1. The molecule has 0 atom stereocenters. The van der Waals surface area contributed by atoms with Gasteiger partial charge in [0.25, 0.3) is 0 Å². The van der Waals surface area contributed by atoms with Crippen LogP contribution in [0.3, 0.4) is 0 Å². The molecular formula is C24H29F3N6O2S. The predicted molar refractivity (Wildman–Crippen MR) is 131 cm³/mol. The van der Waals surface area contributed by atoms with Crippen molar-refractivity contribution in [2.75, 3.05) is 25.0 Å². The Bertz CT molecular complexity index is 1210. The average Bonchev–Trinajstić information content (AvgIpc) is 3.48. The van der Waals surface area contributed by atoms with E-state index in [1.54, 1.807) is 16.4 Å². The van der Waals surface area contributed by atoms with Gasteiger partial charge in [-0.2, -0.15) is 18.3 Å². The number of nitrogens with one attached hydrogen (secondary N) is 2. The Morgan fingerprint density at radius 3 is 2.67 bits per heavy atom. The molecule has 0 spiro atoms. The molecule has 2 aliphatic rings. The maximum absolute atomic E-state index is 13.2. The molecule has 0 unspecified atom stereocenters. The lowest BCUT2D eigenvalue weighted by Crippen LogP contribution is -2.63. The summed E-state index contributed by atoms with van der Waals surface area (Å²) in [7, 11) is 0. The molecule has 3 N–H and O–H groups in total. The van der Waals surface area contributed by atoms with Gasteiger partial charge in [-0.3, -0.25) is 19.4 Å². The third kappa shape index (κ3) is 4.94. The van der Waals surface area contributed by atoms with Gasteiger partial charge < -0.3 is 15.7 Å². The van der Waals surface area contributed by atoms with Gasteiger partial charge in [0.1, 0.15) is 5.60 Å². The van der Waals surface area contributed by atoms with E-state index in [9.17, 15) is 23.1 Å². The van der Waals surface area contributed by atoms with Gasteiger partial charge in [0.15, 0.2) is 5.82 Å². The Morgan fingerprint density at radius 1 is 1.28 bits per heavy atom. The van der Waals surface area contributed by atoms with Crippen molar-refractivity contribution in [3.63, 3.8) is 0 Å². The summed E-state index contributed by atoms with van der Waals surface area (Å²) < 4.78 is 41.1. The summed E-state index contributed by atoms with van der Waals surface area (Å²) in [5.41, 5.74) is 0.797. The molecule has 1 aliphatic carbocycles. The first-order valence-electron chi connectivity index (χ1n) is 12.1. The van der Waals surface area contributed by atoms with Gasteiger partial charge in [-0.1, -0.05) is 0 Å². The zero-order valence-corrected chi connectivity index (χ0v) is 20.7. The van der Waals surface area contributed by atoms with Crippen LogP contribution in [0.25, 0.3) is 10.9 Å². The summed E-state index contributed by atoms with van der Waals surface area (Å²) in [4.78, 5) is 19.9. The number of alkyl halides is 3. The highest BCUT2D eigenvalue weighted by Gasteiger charge is 2.41. The molecule has 0 bridgehead atoms. The number of rotatable bonds is 7. The summed E-state index contributed by atoms with van der Waals surface area (Å²) in [5, 5.41) is 21.5. The number of fused-ring (bicyclic) bond motifs is 1. The van der Waals surface area contributed by atoms with Crippen LogP contribution in [0.5, 0.6) is 0 Å². The maximum atomic E-state index is 13.2. The lowest BCUT2D eigenvalue weighted by atomic mass is 9.80. The van der Waals surface area contributed by atoms with E-state index >= 15 is 0 Å². The van der Waals surface area contributed by atoms with Crippen molar-refractivity contribution in [3.8, 4) is 0 Å². The largest absolute Gasteiger partial charge is 0.416 e. The van der Waals surface area contributed by atoms with Crippen molar-refractivity contribution in [3.05, 3.63) is 40.3 Å². The molecule has 194 valence electrons. The first kappa shape index (κ1) is 25.0. The average molecular weight is 523 g/mol. The number of halogens is 3. The van der Waals surface area contributed by atoms with Crippen LogP contribution in [0.4, 0.5) is 19.0 Å². The van der Waals surface area contributed by atoms with E-state index < -0.39 is 17.3 Å². The Morgan fingerprint density at radius 2 is 2.03 bits per heavy atom. The van der Waals surface area contributed by atoms with Gasteiger partial charge in [0, 0.05) is 37.3 Å². The number of nitrogens with zero attached hydrogens (tertiary/aromatic N) is 4. The Hall–Kier alpha value is -2.70. The van der Waals surface area contributed by atoms with Crippen LogP contribution in [0, 0.1) is 0 Å². The fraction of sp³-hybridized carbons (Fsp3) is 0.542. The van der Waals surface area contributed by atoms with Crippen LogP contribution >= 0.6 is 11.3 Å². The lowest BCUT2D eigenvalue weighted by Gasteiger charge is -2.48. The number of thiazole rings is 1. The number of aliphatic hydroxyl groups is 1. The fourth-order valence-electron chi connectivity index (χ4n) is 5.21. The van der Waals surface area contributed by atoms with Crippen LogP contribution in [0.1, 0.15) is 43.0 Å². The van der Waals surface area contributed by atoms with E-state index in [0.29, 0.717) is 36.3 Å². The summed E-state index contributed by atoms with van der Waals surface area (Å²) in [6.07, 6.45) is 0.481. The molecule has 5 rings (SSSR count). The highest BCUT2D eigenvalue weighted by atomic mass is 32.1.